The first-order valence-electron chi connectivity index (χ1n) is 18.9. The molecule has 256 valence electrons. The second-order valence-electron chi connectivity index (χ2n) is 13.9. The van der Waals surface area contributed by atoms with Crippen LogP contribution >= 0.6 is 0 Å². The van der Waals surface area contributed by atoms with Gasteiger partial charge in [-0.15, -0.1) is 0 Å². The van der Waals surface area contributed by atoms with Crippen molar-refractivity contribution in [3.63, 3.8) is 0 Å². The summed E-state index contributed by atoms with van der Waals surface area (Å²) in [5, 5.41) is 5.04. The smallest absolute Gasteiger partial charge is 0.00264 e. The number of rotatable bonds is 8. The fourth-order valence-electron chi connectivity index (χ4n) is 7.91. The molecule has 0 aliphatic heterocycles. The van der Waals surface area contributed by atoms with Crippen molar-refractivity contribution in [2.45, 2.75) is 12.8 Å². The molecule has 0 radical (unpaired) electrons. The average molecular weight is 689 g/mol. The molecule has 54 heavy (non-hydrogen) atoms. The van der Waals surface area contributed by atoms with E-state index in [0.717, 1.165) is 12.8 Å². The molecule has 0 heteroatoms. The molecule has 0 bridgehead atoms. The summed E-state index contributed by atoms with van der Waals surface area (Å²) in [5.74, 6) is 0. The Kier molecular flexibility index (Phi) is 9.24. The zero-order valence-corrected chi connectivity index (χ0v) is 30.2. The van der Waals surface area contributed by atoms with Crippen molar-refractivity contribution in [3.8, 4) is 22.3 Å². The standard InChI is InChI=1S/C54H40/c1-5-17-41(18-6-1)51(42-19-7-2-8-20-42)37-39-29-33-45(34-30-39)53-47-25-13-15-27-49(47)54(50-28-16-14-26-48(50)53)46-35-31-40(32-36-46)38-52(43-21-9-3-10-22-43)44-23-11-4-12-24-44/h1-3,5-11,13-38H,4,12H2. The van der Waals surface area contributed by atoms with Crippen molar-refractivity contribution in [1.82, 2.24) is 0 Å². The number of hydrogen-bond acceptors (Lipinski definition) is 0. The molecule has 8 aromatic carbocycles. The van der Waals surface area contributed by atoms with Crippen LogP contribution in [0.1, 0.15) is 40.7 Å². The van der Waals surface area contributed by atoms with Gasteiger partial charge in [0, 0.05) is 0 Å². The summed E-state index contributed by atoms with van der Waals surface area (Å²) >= 11 is 0. The molecule has 0 heterocycles. The van der Waals surface area contributed by atoms with Crippen LogP contribution in [0.5, 0.6) is 0 Å². The lowest BCUT2D eigenvalue weighted by molar-refractivity contribution is 1.03. The van der Waals surface area contributed by atoms with E-state index in [-0.39, 0.29) is 0 Å². The van der Waals surface area contributed by atoms with E-state index in [9.17, 15) is 0 Å². The molecule has 9 rings (SSSR count). The second-order valence-corrected chi connectivity index (χ2v) is 13.9. The zero-order chi connectivity index (χ0) is 36.1. The Morgan fingerprint density at radius 2 is 0.722 bits per heavy atom. The normalized spacial score (nSPS) is 12.8. The van der Waals surface area contributed by atoms with Crippen LogP contribution in [0.4, 0.5) is 0 Å². The highest BCUT2D eigenvalue weighted by molar-refractivity contribution is 6.21. The van der Waals surface area contributed by atoms with E-state index in [1.165, 1.54) is 88.3 Å². The molecular formula is C54H40. The Morgan fingerprint density at radius 3 is 1.11 bits per heavy atom. The predicted molar refractivity (Wildman–Crippen MR) is 233 cm³/mol. The molecular weight excluding hydrogens is 649 g/mol. The highest BCUT2D eigenvalue weighted by Crippen LogP contribution is 2.44. The molecule has 1 aliphatic rings. The maximum absolute atomic E-state index is 2.37. The van der Waals surface area contributed by atoms with Crippen LogP contribution in [-0.4, -0.2) is 0 Å². The summed E-state index contributed by atoms with van der Waals surface area (Å²) in [4.78, 5) is 0. The van der Waals surface area contributed by atoms with Gasteiger partial charge in [-0.05, 0) is 113 Å². The number of hydrogen-bond donors (Lipinski definition) is 0. The number of benzene rings is 8. The second kappa shape index (κ2) is 15.1. The SMILES string of the molecule is C1=CC(C(=Cc2ccc(-c3c4ccccc4c(-c4ccc(C=C(c5ccccc5)c5ccccc5)cc4)c4ccccc34)cc2)c2ccccc2)=CCC1. The van der Waals surface area contributed by atoms with E-state index < -0.39 is 0 Å². The van der Waals surface area contributed by atoms with E-state index in [1.54, 1.807) is 0 Å². The third-order valence-corrected chi connectivity index (χ3v) is 10.5. The lowest BCUT2D eigenvalue weighted by Crippen LogP contribution is -1.92. The van der Waals surface area contributed by atoms with Crippen molar-refractivity contribution in [1.29, 1.82) is 0 Å². The maximum atomic E-state index is 2.37. The van der Waals surface area contributed by atoms with Gasteiger partial charge in [0.25, 0.3) is 0 Å². The molecule has 0 amide bonds. The molecule has 0 fully saturated rings. The third kappa shape index (κ3) is 6.67. The molecule has 0 saturated heterocycles. The van der Waals surface area contributed by atoms with E-state index in [2.05, 4.69) is 218 Å². The van der Waals surface area contributed by atoms with Gasteiger partial charge in [-0.1, -0.05) is 206 Å². The Hall–Kier alpha value is -6.76. The predicted octanol–water partition coefficient (Wildman–Crippen LogP) is 14.7. The fraction of sp³-hybridized carbons (Fsp3) is 0.0370. The first kappa shape index (κ1) is 33.1. The van der Waals surface area contributed by atoms with Crippen LogP contribution in [0.2, 0.25) is 0 Å². The lowest BCUT2D eigenvalue weighted by Gasteiger charge is -2.18. The average Bonchev–Trinajstić information content (AvgIpc) is 3.25. The number of fused-ring (bicyclic) bond motifs is 2. The molecule has 0 unspecified atom stereocenters. The van der Waals surface area contributed by atoms with Crippen molar-refractivity contribution in [2.75, 3.05) is 0 Å². The van der Waals surface area contributed by atoms with Crippen molar-refractivity contribution in [2.24, 2.45) is 0 Å². The Bertz CT molecular complexity index is 2590. The zero-order valence-electron chi connectivity index (χ0n) is 30.2. The molecule has 0 nitrogen and oxygen atoms in total. The van der Waals surface area contributed by atoms with Gasteiger partial charge in [0.05, 0.1) is 0 Å². The summed E-state index contributed by atoms with van der Waals surface area (Å²) in [7, 11) is 0. The van der Waals surface area contributed by atoms with Gasteiger partial charge in [-0.2, -0.15) is 0 Å². The van der Waals surface area contributed by atoms with Crippen LogP contribution in [0.25, 0.3) is 67.1 Å². The fourth-order valence-corrected chi connectivity index (χ4v) is 7.91. The largest absolute Gasteiger partial charge is 0.0836 e. The monoisotopic (exact) mass is 688 g/mol. The minimum atomic E-state index is 1.08. The first-order valence-corrected chi connectivity index (χ1v) is 18.9. The Morgan fingerprint density at radius 1 is 0.352 bits per heavy atom. The van der Waals surface area contributed by atoms with E-state index in [1.807, 2.05) is 0 Å². The van der Waals surface area contributed by atoms with Gasteiger partial charge < -0.3 is 0 Å². The van der Waals surface area contributed by atoms with Crippen molar-refractivity contribution >= 4 is 44.8 Å². The van der Waals surface area contributed by atoms with Crippen LogP contribution in [0, 0.1) is 0 Å². The lowest BCUT2D eigenvalue weighted by atomic mass is 9.85. The molecule has 0 spiro atoms. The summed E-state index contributed by atoms with van der Waals surface area (Å²) in [6, 6.07) is 68.1. The molecule has 0 atom stereocenters. The molecule has 1 aliphatic carbocycles. The summed E-state index contributed by atoms with van der Waals surface area (Å²) in [6.07, 6.45) is 13.7. The molecule has 8 aromatic rings. The minimum absolute atomic E-state index is 1.08. The van der Waals surface area contributed by atoms with Gasteiger partial charge in [-0.3, -0.25) is 0 Å². The van der Waals surface area contributed by atoms with Crippen LogP contribution in [0.3, 0.4) is 0 Å². The topological polar surface area (TPSA) is 0 Å². The van der Waals surface area contributed by atoms with Crippen molar-refractivity contribution in [3.05, 3.63) is 240 Å². The summed E-state index contributed by atoms with van der Waals surface area (Å²) < 4.78 is 0. The maximum Gasteiger partial charge on any atom is -0.00264 e. The third-order valence-electron chi connectivity index (χ3n) is 10.5. The Labute approximate surface area is 318 Å². The summed E-state index contributed by atoms with van der Waals surface area (Å²) in [6.45, 7) is 0. The minimum Gasteiger partial charge on any atom is -0.0836 e. The van der Waals surface area contributed by atoms with Gasteiger partial charge >= 0.3 is 0 Å². The van der Waals surface area contributed by atoms with E-state index in [4.69, 9.17) is 0 Å². The van der Waals surface area contributed by atoms with Gasteiger partial charge in [0.1, 0.15) is 0 Å². The van der Waals surface area contributed by atoms with E-state index >= 15 is 0 Å². The van der Waals surface area contributed by atoms with Gasteiger partial charge in [0.15, 0.2) is 0 Å². The number of allylic oxidation sites excluding steroid dienone is 5. The van der Waals surface area contributed by atoms with Crippen LogP contribution in [0.15, 0.2) is 212 Å². The first-order chi connectivity index (χ1) is 26.8. The van der Waals surface area contributed by atoms with E-state index in [0.29, 0.717) is 0 Å². The van der Waals surface area contributed by atoms with Crippen LogP contribution in [-0.2, 0) is 0 Å². The molecule has 0 aromatic heterocycles. The quantitative estimate of drug-likeness (QED) is 0.110. The van der Waals surface area contributed by atoms with Gasteiger partial charge in [0.2, 0.25) is 0 Å². The highest BCUT2D eigenvalue weighted by atomic mass is 14.2. The van der Waals surface area contributed by atoms with Gasteiger partial charge in [-0.25, -0.2) is 0 Å². The highest BCUT2D eigenvalue weighted by Gasteiger charge is 2.17. The van der Waals surface area contributed by atoms with Crippen molar-refractivity contribution < 1.29 is 0 Å². The molecule has 0 N–H and O–H groups in total. The summed E-state index contributed by atoms with van der Waals surface area (Å²) in [5.41, 5.74) is 14.8. The Balaban J connectivity index is 1.13. The van der Waals surface area contributed by atoms with Crippen LogP contribution < -0.4 is 0 Å². The molecule has 0 saturated carbocycles.